The van der Waals surface area contributed by atoms with E-state index in [1.54, 1.807) is 12.4 Å². The van der Waals surface area contributed by atoms with Gasteiger partial charge in [-0.25, -0.2) is 4.98 Å². The van der Waals surface area contributed by atoms with Crippen LogP contribution in [0, 0.1) is 0 Å². The molecule has 0 amide bonds. The van der Waals surface area contributed by atoms with Crippen LogP contribution in [-0.4, -0.2) is 23.0 Å². The number of hydrogen-bond acceptors (Lipinski definition) is 5. The molecule has 2 aliphatic heterocycles. The van der Waals surface area contributed by atoms with Crippen LogP contribution in [0.5, 0.6) is 11.5 Å². The highest BCUT2D eigenvalue weighted by atomic mass is 28.3. The van der Waals surface area contributed by atoms with Crippen molar-refractivity contribution in [2.45, 2.75) is 32.4 Å². The predicted octanol–water partition coefficient (Wildman–Crippen LogP) is 9.91. The zero-order valence-electron chi connectivity index (χ0n) is 28.6. The first-order valence-corrected chi connectivity index (χ1v) is 20.1. The Morgan fingerprint density at radius 2 is 1.12 bits per heavy atom. The van der Waals surface area contributed by atoms with Crippen molar-refractivity contribution >= 4 is 35.5 Å². The van der Waals surface area contributed by atoms with Gasteiger partial charge in [0.1, 0.15) is 19.6 Å². The average Bonchev–Trinajstić information content (AvgIpc) is 3.16. The van der Waals surface area contributed by atoms with Gasteiger partial charge in [-0.3, -0.25) is 9.97 Å². The van der Waals surface area contributed by atoms with E-state index >= 15 is 0 Å². The Labute approximate surface area is 294 Å². The van der Waals surface area contributed by atoms with Gasteiger partial charge in [-0.05, 0) is 105 Å². The van der Waals surface area contributed by atoms with Crippen molar-refractivity contribution in [2.75, 3.05) is 4.90 Å². The van der Waals surface area contributed by atoms with Gasteiger partial charge in [-0.1, -0.05) is 75.5 Å². The molecule has 0 N–H and O–H groups in total. The molecule has 2 aliphatic rings. The number of ether oxygens (including phenoxy) is 1. The number of benzene rings is 4. The Hall–Kier alpha value is -5.85. The number of hydrogen-bond donors (Lipinski definition) is 0. The third-order valence-corrected chi connectivity index (χ3v) is 14.0. The number of fused-ring (bicyclic) bond motifs is 4. The van der Waals surface area contributed by atoms with E-state index in [0.717, 1.165) is 50.8 Å². The van der Waals surface area contributed by atoms with E-state index in [2.05, 4.69) is 151 Å². The summed E-state index contributed by atoms with van der Waals surface area (Å²) in [5, 5.41) is 2.57. The van der Waals surface area contributed by atoms with Crippen molar-refractivity contribution in [3.05, 3.63) is 157 Å². The summed E-state index contributed by atoms with van der Waals surface area (Å²) in [7, 11) is -2.24. The van der Waals surface area contributed by atoms with Crippen LogP contribution < -0.4 is 20.0 Å². The van der Waals surface area contributed by atoms with E-state index in [9.17, 15) is 0 Å². The molecule has 0 saturated carbocycles. The number of anilines is 3. The van der Waals surface area contributed by atoms with Gasteiger partial charge >= 0.3 is 0 Å². The molecule has 0 fully saturated rings. The quantitative estimate of drug-likeness (QED) is 0.175. The summed E-state index contributed by atoms with van der Waals surface area (Å²) in [6.45, 7) is 9.54. The summed E-state index contributed by atoms with van der Waals surface area (Å²) in [4.78, 5) is 16.2. The van der Waals surface area contributed by atoms with Gasteiger partial charge in [-0.2, -0.15) is 0 Å². The fraction of sp³-hybridized carbons (Fsp3) is 0.114. The van der Waals surface area contributed by atoms with Gasteiger partial charge < -0.3 is 9.64 Å². The maximum Gasteiger partial charge on any atom is 0.127 e. The zero-order chi connectivity index (χ0) is 34.0. The van der Waals surface area contributed by atoms with E-state index < -0.39 is 8.07 Å². The molecule has 0 spiro atoms. The molecule has 242 valence electrons. The molecule has 3 aromatic heterocycles. The molecule has 5 nitrogen and oxygen atoms in total. The molecule has 0 unspecified atom stereocenters. The van der Waals surface area contributed by atoms with Crippen molar-refractivity contribution in [2.24, 2.45) is 0 Å². The monoisotopic (exact) mass is 664 g/mol. The molecule has 0 bridgehead atoms. The van der Waals surface area contributed by atoms with Crippen LogP contribution in [0.3, 0.4) is 0 Å². The molecule has 0 saturated heterocycles. The summed E-state index contributed by atoms with van der Waals surface area (Å²) in [6, 6.07) is 43.4. The highest BCUT2D eigenvalue weighted by Gasteiger charge is 2.40. The van der Waals surface area contributed by atoms with Crippen molar-refractivity contribution in [1.29, 1.82) is 0 Å². The Bertz CT molecular complexity index is 2320. The Kier molecular flexibility index (Phi) is 6.87. The molecule has 50 heavy (non-hydrogen) atoms. The fourth-order valence-electron chi connectivity index (χ4n) is 7.75. The third kappa shape index (κ3) is 4.78. The van der Waals surface area contributed by atoms with Crippen LogP contribution in [0.2, 0.25) is 13.1 Å². The van der Waals surface area contributed by atoms with E-state index in [0.29, 0.717) is 0 Å². The van der Waals surface area contributed by atoms with Gasteiger partial charge in [0, 0.05) is 47.0 Å². The smallest absolute Gasteiger partial charge is 0.127 e. The normalized spacial score (nSPS) is 14.8. The molecule has 0 radical (unpaired) electrons. The van der Waals surface area contributed by atoms with Crippen molar-refractivity contribution in [3.63, 3.8) is 0 Å². The maximum absolute atomic E-state index is 6.69. The number of para-hydroxylation sites is 2. The summed E-state index contributed by atoms with van der Waals surface area (Å²) >= 11 is 0. The minimum atomic E-state index is -2.24. The largest absolute Gasteiger partial charge is 0.458 e. The lowest BCUT2D eigenvalue weighted by Crippen LogP contribution is -2.56. The minimum absolute atomic E-state index is 0.106. The molecule has 9 rings (SSSR count). The van der Waals surface area contributed by atoms with Crippen molar-refractivity contribution < 1.29 is 4.74 Å². The second-order valence-electron chi connectivity index (χ2n) is 14.2. The Morgan fingerprint density at radius 1 is 0.560 bits per heavy atom. The van der Waals surface area contributed by atoms with Gasteiger partial charge in [0.25, 0.3) is 0 Å². The summed E-state index contributed by atoms with van der Waals surface area (Å²) in [5.74, 6) is 1.89. The first kappa shape index (κ1) is 30.2. The molecule has 5 heterocycles. The van der Waals surface area contributed by atoms with E-state index in [4.69, 9.17) is 9.72 Å². The lowest BCUT2D eigenvalue weighted by Gasteiger charge is -2.42. The molecule has 4 aromatic carbocycles. The van der Waals surface area contributed by atoms with Crippen LogP contribution in [0.25, 0.3) is 33.6 Å². The zero-order valence-corrected chi connectivity index (χ0v) is 29.6. The van der Waals surface area contributed by atoms with Crippen LogP contribution in [0.15, 0.2) is 146 Å². The van der Waals surface area contributed by atoms with E-state index in [1.165, 1.54) is 32.9 Å². The highest BCUT2D eigenvalue weighted by Crippen LogP contribution is 2.51. The first-order valence-electron chi connectivity index (χ1n) is 17.1. The molecule has 7 aromatic rings. The summed E-state index contributed by atoms with van der Waals surface area (Å²) < 4.78 is 6.69. The van der Waals surface area contributed by atoms with Gasteiger partial charge in [-0.15, -0.1) is 0 Å². The lowest BCUT2D eigenvalue weighted by molar-refractivity contribution is 0.487. The average molecular weight is 665 g/mol. The minimum Gasteiger partial charge on any atom is -0.458 e. The molecular formula is C44H36N4OSi. The summed E-state index contributed by atoms with van der Waals surface area (Å²) in [5.41, 5.74) is 12.1. The molecule has 0 aliphatic carbocycles. The van der Waals surface area contributed by atoms with Gasteiger partial charge in [0.15, 0.2) is 0 Å². The second-order valence-corrected chi connectivity index (χ2v) is 18.6. The topological polar surface area (TPSA) is 51.1 Å². The Balaban J connectivity index is 1.16. The number of pyridine rings is 3. The molecular weight excluding hydrogens is 629 g/mol. The van der Waals surface area contributed by atoms with Crippen molar-refractivity contribution in [1.82, 2.24) is 15.0 Å². The summed E-state index contributed by atoms with van der Waals surface area (Å²) in [6.07, 6.45) is 7.31. The maximum atomic E-state index is 6.69. The SMILES string of the molecule is CC1(C)c2ccccc2N(c2ccc3c(c2)[Si](C)(C)c2cc(-c4cc(-c5cccnc5)nc(-c5cccnc5)c4)ccc2O3)c2ccccc21. The number of aromatic nitrogens is 3. The Morgan fingerprint density at radius 3 is 1.70 bits per heavy atom. The number of nitrogens with zero attached hydrogens (tertiary/aromatic N) is 4. The van der Waals surface area contributed by atoms with Crippen LogP contribution in [-0.2, 0) is 5.41 Å². The standard InChI is InChI=1S/C44H36N4OSi/c1-44(2)34-13-5-7-15-38(34)48(39-16-8-6-14-35(39)44)33-18-20-41-43(26-33)50(3,4)42-25-29(17-19-40(42)49-41)32-23-36(30-11-9-21-45-27-30)47-37(24-32)31-12-10-22-46-28-31/h5-28H,1-4H3. The predicted molar refractivity (Wildman–Crippen MR) is 206 cm³/mol. The van der Waals surface area contributed by atoms with Crippen molar-refractivity contribution in [3.8, 4) is 45.1 Å². The van der Waals surface area contributed by atoms with Crippen LogP contribution in [0.1, 0.15) is 25.0 Å². The lowest BCUT2D eigenvalue weighted by atomic mass is 9.73. The van der Waals surface area contributed by atoms with Gasteiger partial charge in [0.2, 0.25) is 0 Å². The van der Waals surface area contributed by atoms with Crippen LogP contribution >= 0.6 is 0 Å². The number of rotatable bonds is 4. The van der Waals surface area contributed by atoms with E-state index in [-0.39, 0.29) is 5.41 Å². The fourth-order valence-corrected chi connectivity index (χ4v) is 10.6. The van der Waals surface area contributed by atoms with Gasteiger partial charge in [0.05, 0.1) is 22.8 Å². The molecule has 6 heteroatoms. The third-order valence-electron chi connectivity index (χ3n) is 10.5. The second kappa shape index (κ2) is 11.4. The highest BCUT2D eigenvalue weighted by molar-refractivity contribution is 7.01. The van der Waals surface area contributed by atoms with E-state index in [1.807, 2.05) is 24.5 Å². The first-order chi connectivity index (χ1) is 24.3. The van der Waals surface area contributed by atoms with Crippen LogP contribution in [0.4, 0.5) is 17.1 Å². The molecule has 0 atom stereocenters.